The van der Waals surface area contributed by atoms with Gasteiger partial charge >= 0.3 is 6.18 Å². The number of carbonyl (C=O) groups excluding carboxylic acids is 1. The molecule has 1 saturated heterocycles. The molecule has 170 valence electrons. The van der Waals surface area contributed by atoms with E-state index >= 15 is 0 Å². The van der Waals surface area contributed by atoms with Crippen LogP contribution in [0.15, 0.2) is 42.6 Å². The highest BCUT2D eigenvalue weighted by molar-refractivity contribution is 5.94. The molecule has 0 spiro atoms. The molecule has 2 aromatic heterocycles. The fourth-order valence-corrected chi connectivity index (χ4v) is 3.87. The Bertz CT molecular complexity index is 1100. The zero-order valence-electron chi connectivity index (χ0n) is 17.5. The highest BCUT2D eigenvalue weighted by Gasteiger charge is 2.33. The number of hydrogen-bond acceptors (Lipinski definition) is 5. The summed E-state index contributed by atoms with van der Waals surface area (Å²) in [6.45, 7) is 1.73. The summed E-state index contributed by atoms with van der Waals surface area (Å²) in [5.74, 6) is 0.633. The fraction of sp³-hybridized carbons (Fsp3) is 0.409. The molecule has 3 heterocycles. The summed E-state index contributed by atoms with van der Waals surface area (Å²) < 4.78 is 51.4. The minimum absolute atomic E-state index is 0.156. The van der Waals surface area contributed by atoms with Gasteiger partial charge in [0.05, 0.1) is 12.2 Å². The van der Waals surface area contributed by atoms with Gasteiger partial charge in [0.1, 0.15) is 18.2 Å². The lowest BCUT2D eigenvalue weighted by Crippen LogP contribution is -2.39. The molecule has 3 aromatic rings. The number of piperidine rings is 1. The highest BCUT2D eigenvalue weighted by atomic mass is 19.4. The third kappa shape index (κ3) is 4.69. The molecule has 1 fully saturated rings. The number of alkyl halides is 3. The van der Waals surface area contributed by atoms with E-state index in [1.807, 2.05) is 0 Å². The van der Waals surface area contributed by atoms with Crippen LogP contribution < -0.4 is 4.74 Å². The predicted molar refractivity (Wildman–Crippen MR) is 110 cm³/mol. The summed E-state index contributed by atoms with van der Waals surface area (Å²) in [5.41, 5.74) is 0.0727. The lowest BCUT2D eigenvalue weighted by molar-refractivity contribution is -0.137. The third-order valence-corrected chi connectivity index (χ3v) is 5.47. The Kier molecular flexibility index (Phi) is 6.31. The van der Waals surface area contributed by atoms with E-state index in [0.717, 1.165) is 12.3 Å². The molecule has 0 unspecified atom stereocenters. The topological polar surface area (TPSA) is 69.0 Å². The zero-order chi connectivity index (χ0) is 22.7. The standard InChI is InChI=1S/C22H23F3N4O3/c1-31-10-11-32-18-6-2-4-15(12-18)21(30)28-9-3-5-16(13-28)20-27-26-19-8-7-17(14-29(19)20)22(23,24)25/h2,4,6-8,12,14,16H,3,5,9-11,13H2,1H3/t16-/m1/s1. The summed E-state index contributed by atoms with van der Waals surface area (Å²) in [5, 5.41) is 8.15. The van der Waals surface area contributed by atoms with Crippen molar-refractivity contribution < 1.29 is 27.4 Å². The van der Waals surface area contributed by atoms with Gasteiger partial charge in [-0.2, -0.15) is 13.2 Å². The molecule has 1 atom stereocenters. The number of carbonyl (C=O) groups is 1. The minimum atomic E-state index is -4.46. The molecule has 0 aliphatic carbocycles. The number of aromatic nitrogens is 3. The van der Waals surface area contributed by atoms with Crippen LogP contribution in [0.25, 0.3) is 5.65 Å². The van der Waals surface area contributed by atoms with Crippen LogP contribution >= 0.6 is 0 Å². The van der Waals surface area contributed by atoms with E-state index in [2.05, 4.69) is 10.2 Å². The van der Waals surface area contributed by atoms with Gasteiger partial charge in [-0.1, -0.05) is 6.07 Å². The lowest BCUT2D eigenvalue weighted by Gasteiger charge is -2.32. The van der Waals surface area contributed by atoms with Gasteiger partial charge in [-0.3, -0.25) is 9.20 Å². The van der Waals surface area contributed by atoms with Crippen molar-refractivity contribution in [1.82, 2.24) is 19.5 Å². The Balaban J connectivity index is 1.53. The Hall–Kier alpha value is -3.14. The van der Waals surface area contributed by atoms with Crippen molar-refractivity contribution in [3.63, 3.8) is 0 Å². The van der Waals surface area contributed by atoms with E-state index in [4.69, 9.17) is 9.47 Å². The molecular formula is C22H23F3N4O3. The summed E-state index contributed by atoms with van der Waals surface area (Å²) >= 11 is 0. The smallest absolute Gasteiger partial charge is 0.417 e. The van der Waals surface area contributed by atoms with Crippen molar-refractivity contribution in [2.75, 3.05) is 33.4 Å². The van der Waals surface area contributed by atoms with E-state index in [1.165, 1.54) is 10.5 Å². The summed E-state index contributed by atoms with van der Waals surface area (Å²) in [7, 11) is 1.58. The molecule has 0 saturated carbocycles. The summed E-state index contributed by atoms with van der Waals surface area (Å²) in [4.78, 5) is 14.8. The maximum absolute atomic E-state index is 13.2. The van der Waals surface area contributed by atoms with Gasteiger partial charge in [-0.15, -0.1) is 10.2 Å². The molecule has 7 nitrogen and oxygen atoms in total. The van der Waals surface area contributed by atoms with Gasteiger partial charge in [0, 0.05) is 37.9 Å². The van der Waals surface area contributed by atoms with Gasteiger partial charge in [0.25, 0.3) is 5.91 Å². The summed E-state index contributed by atoms with van der Waals surface area (Å²) in [6.07, 6.45) is -2.01. The Morgan fingerprint density at radius 3 is 2.81 bits per heavy atom. The number of pyridine rings is 1. The number of methoxy groups -OCH3 is 1. The number of ether oxygens (including phenoxy) is 2. The van der Waals surface area contributed by atoms with Gasteiger partial charge in [0.15, 0.2) is 5.65 Å². The molecule has 1 aliphatic rings. The maximum Gasteiger partial charge on any atom is 0.417 e. The minimum Gasteiger partial charge on any atom is -0.491 e. The Morgan fingerprint density at radius 1 is 1.19 bits per heavy atom. The van der Waals surface area contributed by atoms with Crippen LogP contribution in [0.5, 0.6) is 5.75 Å². The lowest BCUT2D eigenvalue weighted by atomic mass is 9.96. The molecule has 0 radical (unpaired) electrons. The van der Waals surface area contributed by atoms with E-state index in [9.17, 15) is 18.0 Å². The fourth-order valence-electron chi connectivity index (χ4n) is 3.87. The normalized spacial score (nSPS) is 17.0. The number of hydrogen-bond donors (Lipinski definition) is 0. The molecule has 0 N–H and O–H groups in total. The number of fused-ring (bicyclic) bond motifs is 1. The van der Waals surface area contributed by atoms with Crippen LogP contribution in [0.4, 0.5) is 13.2 Å². The van der Waals surface area contributed by atoms with E-state index < -0.39 is 11.7 Å². The first-order valence-corrected chi connectivity index (χ1v) is 10.3. The van der Waals surface area contributed by atoms with Crippen LogP contribution in [-0.2, 0) is 10.9 Å². The van der Waals surface area contributed by atoms with E-state index in [0.29, 0.717) is 61.9 Å². The monoisotopic (exact) mass is 448 g/mol. The van der Waals surface area contributed by atoms with Gasteiger partial charge < -0.3 is 14.4 Å². The van der Waals surface area contributed by atoms with Crippen molar-refractivity contribution in [3.8, 4) is 5.75 Å². The van der Waals surface area contributed by atoms with Crippen LogP contribution in [0.2, 0.25) is 0 Å². The first-order chi connectivity index (χ1) is 15.4. The van der Waals surface area contributed by atoms with Gasteiger partial charge in [0.2, 0.25) is 0 Å². The first kappa shape index (κ1) is 22.1. The van der Waals surface area contributed by atoms with Crippen molar-refractivity contribution in [3.05, 3.63) is 59.5 Å². The molecule has 32 heavy (non-hydrogen) atoms. The largest absolute Gasteiger partial charge is 0.491 e. The van der Waals surface area contributed by atoms with Crippen molar-refractivity contribution in [2.24, 2.45) is 0 Å². The van der Waals surface area contributed by atoms with Crippen LogP contribution in [-0.4, -0.2) is 58.8 Å². The quantitative estimate of drug-likeness (QED) is 0.537. The highest BCUT2D eigenvalue weighted by Crippen LogP contribution is 2.31. The second-order valence-electron chi connectivity index (χ2n) is 7.66. The summed E-state index contributed by atoms with van der Waals surface area (Å²) in [6, 6.07) is 9.22. The van der Waals surface area contributed by atoms with Crippen molar-refractivity contribution in [1.29, 1.82) is 0 Å². The number of nitrogens with zero attached hydrogens (tertiary/aromatic N) is 4. The van der Waals surface area contributed by atoms with Crippen molar-refractivity contribution >= 4 is 11.6 Å². The van der Waals surface area contributed by atoms with E-state index in [1.54, 1.807) is 36.3 Å². The molecular weight excluding hydrogens is 425 g/mol. The average Bonchev–Trinajstić information content (AvgIpc) is 3.22. The molecule has 10 heteroatoms. The zero-order valence-corrected chi connectivity index (χ0v) is 17.5. The molecule has 1 aromatic carbocycles. The third-order valence-electron chi connectivity index (χ3n) is 5.47. The maximum atomic E-state index is 13.2. The number of likely N-dealkylation sites (tertiary alicyclic amines) is 1. The van der Waals surface area contributed by atoms with Crippen LogP contribution in [0.3, 0.4) is 0 Å². The second kappa shape index (κ2) is 9.15. The van der Waals surface area contributed by atoms with Crippen LogP contribution in [0.1, 0.15) is 40.5 Å². The number of halogens is 3. The Labute approximate surface area is 182 Å². The number of benzene rings is 1. The Morgan fingerprint density at radius 2 is 2.03 bits per heavy atom. The number of amides is 1. The molecule has 1 aliphatic heterocycles. The first-order valence-electron chi connectivity index (χ1n) is 10.3. The van der Waals surface area contributed by atoms with Crippen LogP contribution in [0, 0.1) is 0 Å². The van der Waals surface area contributed by atoms with Crippen molar-refractivity contribution in [2.45, 2.75) is 24.9 Å². The van der Waals surface area contributed by atoms with E-state index in [-0.39, 0.29) is 11.8 Å². The predicted octanol–water partition coefficient (Wildman–Crippen LogP) is 3.79. The molecule has 0 bridgehead atoms. The molecule has 1 amide bonds. The van der Waals surface area contributed by atoms with Gasteiger partial charge in [-0.25, -0.2) is 0 Å². The average molecular weight is 448 g/mol. The van der Waals surface area contributed by atoms with Gasteiger partial charge in [-0.05, 0) is 43.2 Å². The second-order valence-corrected chi connectivity index (χ2v) is 7.66. The number of rotatable bonds is 6. The SMILES string of the molecule is COCCOc1cccc(C(=O)N2CCC[C@@H](c3nnc4ccc(C(F)(F)F)cn34)C2)c1. The molecule has 4 rings (SSSR count).